The maximum absolute atomic E-state index is 11.7. The van der Waals surface area contributed by atoms with Crippen LogP contribution in [0.5, 0.6) is 0 Å². The Morgan fingerprint density at radius 3 is 2.53 bits per heavy atom. The maximum Gasteiger partial charge on any atom is 0.312 e. The first-order valence-electron chi connectivity index (χ1n) is 6.38. The summed E-state index contributed by atoms with van der Waals surface area (Å²) in [5, 5.41) is 0. The molecule has 0 radical (unpaired) electrons. The van der Waals surface area contributed by atoms with Gasteiger partial charge in [-0.3, -0.25) is 9.59 Å². The average Bonchev–Trinajstić information content (AvgIpc) is 2.37. The number of hydrogen-bond acceptors (Lipinski definition) is 4. The quantitative estimate of drug-likeness (QED) is 0.710. The zero-order valence-electron chi connectivity index (χ0n) is 10.9. The normalized spacial score (nSPS) is 26.1. The van der Waals surface area contributed by atoms with Crippen molar-refractivity contribution in [3.05, 3.63) is 0 Å². The van der Waals surface area contributed by atoms with E-state index in [4.69, 9.17) is 9.47 Å². The van der Waals surface area contributed by atoms with Crippen molar-refractivity contribution in [2.45, 2.75) is 52.1 Å². The molecule has 0 unspecified atom stereocenters. The molecule has 0 aromatic rings. The van der Waals surface area contributed by atoms with Crippen LogP contribution in [0.15, 0.2) is 0 Å². The average molecular weight is 242 g/mol. The highest BCUT2D eigenvalue weighted by molar-refractivity contribution is 5.75. The van der Waals surface area contributed by atoms with Crippen molar-refractivity contribution in [1.82, 2.24) is 0 Å². The summed E-state index contributed by atoms with van der Waals surface area (Å²) in [6, 6.07) is 0. The predicted molar refractivity (Wildman–Crippen MR) is 63.3 cm³/mol. The highest BCUT2D eigenvalue weighted by Crippen LogP contribution is 2.28. The molecule has 0 bridgehead atoms. The van der Waals surface area contributed by atoms with Crippen LogP contribution in [0.2, 0.25) is 0 Å². The van der Waals surface area contributed by atoms with Crippen molar-refractivity contribution in [3.8, 4) is 0 Å². The lowest BCUT2D eigenvalue weighted by Crippen LogP contribution is -2.37. The Bertz CT molecular complexity index is 275. The third-order valence-electron chi connectivity index (χ3n) is 3.49. The summed E-state index contributed by atoms with van der Waals surface area (Å²) in [6.07, 6.45) is 3.99. The third kappa shape index (κ3) is 3.72. The van der Waals surface area contributed by atoms with Gasteiger partial charge in [-0.1, -0.05) is 20.3 Å². The molecule has 0 saturated heterocycles. The monoisotopic (exact) mass is 242 g/mol. The summed E-state index contributed by atoms with van der Waals surface area (Å²) < 4.78 is 10.2. The molecular weight excluding hydrogens is 220 g/mol. The van der Waals surface area contributed by atoms with Crippen LogP contribution in [0.3, 0.4) is 0 Å². The van der Waals surface area contributed by atoms with Gasteiger partial charge in [-0.25, -0.2) is 0 Å². The topological polar surface area (TPSA) is 52.6 Å². The van der Waals surface area contributed by atoms with Crippen LogP contribution in [-0.4, -0.2) is 25.2 Å². The Labute approximate surface area is 103 Å². The van der Waals surface area contributed by atoms with Crippen molar-refractivity contribution >= 4 is 11.9 Å². The minimum Gasteiger partial charge on any atom is -0.469 e. The molecule has 0 spiro atoms. The maximum atomic E-state index is 11.7. The Morgan fingerprint density at radius 2 is 1.94 bits per heavy atom. The largest absolute Gasteiger partial charge is 0.469 e. The summed E-state index contributed by atoms with van der Waals surface area (Å²) in [7, 11) is 1.38. The Kier molecular flexibility index (Phi) is 5.45. The van der Waals surface area contributed by atoms with Gasteiger partial charge in [0.05, 0.1) is 18.9 Å². The molecule has 1 aliphatic carbocycles. The molecule has 3 atom stereocenters. The molecule has 0 heterocycles. The summed E-state index contributed by atoms with van der Waals surface area (Å²) in [5.74, 6) is -0.836. The number of hydrogen-bond donors (Lipinski definition) is 0. The molecule has 1 saturated carbocycles. The van der Waals surface area contributed by atoms with Crippen LogP contribution in [0.4, 0.5) is 0 Å². The molecule has 0 aromatic carbocycles. The highest BCUT2D eigenvalue weighted by Gasteiger charge is 2.35. The molecule has 4 nitrogen and oxygen atoms in total. The van der Waals surface area contributed by atoms with Crippen molar-refractivity contribution in [1.29, 1.82) is 0 Å². The van der Waals surface area contributed by atoms with Crippen molar-refractivity contribution < 1.29 is 19.1 Å². The first kappa shape index (κ1) is 14.0. The molecule has 1 fully saturated rings. The first-order chi connectivity index (χ1) is 8.10. The van der Waals surface area contributed by atoms with E-state index in [1.54, 1.807) is 0 Å². The van der Waals surface area contributed by atoms with Crippen LogP contribution in [-0.2, 0) is 19.1 Å². The Morgan fingerprint density at radius 1 is 1.29 bits per heavy atom. The summed E-state index contributed by atoms with van der Waals surface area (Å²) in [5.41, 5.74) is 0. The lowest BCUT2D eigenvalue weighted by atomic mass is 9.86. The SMILES string of the molecule is CC[C@H](C)C(=O)O[C@@H]1CCCC[C@@H]1C(=O)OC. The number of rotatable bonds is 4. The van der Waals surface area contributed by atoms with E-state index >= 15 is 0 Å². The van der Waals surface area contributed by atoms with E-state index in [1.807, 2.05) is 13.8 Å². The second-order valence-electron chi connectivity index (χ2n) is 4.70. The van der Waals surface area contributed by atoms with E-state index in [2.05, 4.69) is 0 Å². The van der Waals surface area contributed by atoms with Crippen LogP contribution >= 0.6 is 0 Å². The van der Waals surface area contributed by atoms with Crippen molar-refractivity contribution in [2.75, 3.05) is 7.11 Å². The molecule has 0 N–H and O–H groups in total. The second-order valence-corrected chi connectivity index (χ2v) is 4.70. The zero-order valence-corrected chi connectivity index (χ0v) is 10.9. The zero-order chi connectivity index (χ0) is 12.8. The van der Waals surface area contributed by atoms with Gasteiger partial charge in [-0.2, -0.15) is 0 Å². The van der Waals surface area contributed by atoms with Gasteiger partial charge in [0.25, 0.3) is 0 Å². The minimum absolute atomic E-state index is 0.102. The van der Waals surface area contributed by atoms with E-state index in [-0.39, 0.29) is 29.9 Å². The van der Waals surface area contributed by atoms with Gasteiger partial charge in [0.1, 0.15) is 6.10 Å². The molecule has 0 aliphatic heterocycles. The number of ether oxygens (including phenoxy) is 2. The molecule has 98 valence electrons. The fourth-order valence-electron chi connectivity index (χ4n) is 2.09. The highest BCUT2D eigenvalue weighted by atomic mass is 16.6. The van der Waals surface area contributed by atoms with Gasteiger partial charge in [-0.05, 0) is 25.7 Å². The smallest absolute Gasteiger partial charge is 0.312 e. The van der Waals surface area contributed by atoms with E-state index in [1.165, 1.54) is 7.11 Å². The molecule has 17 heavy (non-hydrogen) atoms. The molecule has 1 rings (SSSR count). The van der Waals surface area contributed by atoms with Gasteiger partial charge in [0.15, 0.2) is 0 Å². The standard InChI is InChI=1S/C13H22O4/c1-4-9(2)12(14)17-11-8-6-5-7-10(11)13(15)16-3/h9-11H,4-8H2,1-3H3/t9-,10-,11+/m0/s1. The van der Waals surface area contributed by atoms with Crippen molar-refractivity contribution in [3.63, 3.8) is 0 Å². The molecule has 1 aliphatic rings. The van der Waals surface area contributed by atoms with Crippen LogP contribution in [0, 0.1) is 11.8 Å². The number of carbonyl (C=O) groups excluding carboxylic acids is 2. The number of esters is 2. The van der Waals surface area contributed by atoms with E-state index < -0.39 is 0 Å². The summed E-state index contributed by atoms with van der Waals surface area (Å²) in [6.45, 7) is 3.79. The fourth-order valence-corrected chi connectivity index (χ4v) is 2.09. The minimum atomic E-state index is -0.294. The molecule has 0 amide bonds. The van der Waals surface area contributed by atoms with Crippen LogP contribution < -0.4 is 0 Å². The van der Waals surface area contributed by atoms with E-state index in [0.29, 0.717) is 0 Å². The van der Waals surface area contributed by atoms with Crippen LogP contribution in [0.1, 0.15) is 46.0 Å². The van der Waals surface area contributed by atoms with Gasteiger partial charge < -0.3 is 9.47 Å². The lowest BCUT2D eigenvalue weighted by Gasteiger charge is -2.29. The summed E-state index contributed by atoms with van der Waals surface area (Å²) >= 11 is 0. The number of carbonyl (C=O) groups is 2. The summed E-state index contributed by atoms with van der Waals surface area (Å²) in [4.78, 5) is 23.3. The second kappa shape index (κ2) is 6.62. The molecule has 0 aromatic heterocycles. The van der Waals surface area contributed by atoms with E-state index in [0.717, 1.165) is 32.1 Å². The predicted octanol–water partition coefficient (Wildman–Crippen LogP) is 2.31. The van der Waals surface area contributed by atoms with Crippen molar-refractivity contribution in [2.24, 2.45) is 11.8 Å². The fraction of sp³-hybridized carbons (Fsp3) is 0.846. The Hall–Kier alpha value is -1.06. The molecule has 4 heteroatoms. The van der Waals surface area contributed by atoms with Gasteiger partial charge in [-0.15, -0.1) is 0 Å². The third-order valence-corrected chi connectivity index (χ3v) is 3.49. The van der Waals surface area contributed by atoms with Gasteiger partial charge >= 0.3 is 11.9 Å². The first-order valence-corrected chi connectivity index (χ1v) is 6.38. The number of methoxy groups -OCH3 is 1. The van der Waals surface area contributed by atoms with Gasteiger partial charge in [0, 0.05) is 0 Å². The van der Waals surface area contributed by atoms with E-state index in [9.17, 15) is 9.59 Å². The lowest BCUT2D eigenvalue weighted by molar-refractivity contribution is -0.165. The van der Waals surface area contributed by atoms with Crippen LogP contribution in [0.25, 0.3) is 0 Å². The van der Waals surface area contributed by atoms with Gasteiger partial charge in [0.2, 0.25) is 0 Å². The molecular formula is C13H22O4. The Balaban J connectivity index is 2.59.